The molecular weight excluding hydrogens is 154 g/mol. The summed E-state index contributed by atoms with van der Waals surface area (Å²) in [6.07, 6.45) is 2.49. The molecule has 0 saturated carbocycles. The fourth-order valence-corrected chi connectivity index (χ4v) is 1.28. The molecule has 3 N–H and O–H groups in total. The Kier molecular flexibility index (Phi) is 2.83. The van der Waals surface area contributed by atoms with Crippen molar-refractivity contribution in [3.05, 3.63) is 17.5 Å². The van der Waals surface area contributed by atoms with E-state index in [4.69, 9.17) is 10.8 Å². The molecule has 0 bridgehead atoms. The van der Waals surface area contributed by atoms with Crippen LogP contribution in [-0.2, 0) is 7.05 Å². The molecule has 0 aromatic carbocycles. The Morgan fingerprint density at radius 1 is 1.75 bits per heavy atom. The number of hydrogen-bond donors (Lipinski definition) is 2. The predicted molar refractivity (Wildman–Crippen MR) is 46.6 cm³/mol. The molecule has 1 rings (SSSR count). The van der Waals surface area contributed by atoms with Gasteiger partial charge in [-0.3, -0.25) is 4.68 Å². The van der Waals surface area contributed by atoms with E-state index in [9.17, 15) is 0 Å². The zero-order valence-corrected chi connectivity index (χ0v) is 7.49. The standard InChI is InChI=1S/C8H15N3O/c1-6-7(5-11(2)10-6)8(9)3-4-12/h5,8,12H,3-4,9H2,1-2H3/t8-/m1/s1. The molecule has 12 heavy (non-hydrogen) atoms. The van der Waals surface area contributed by atoms with Crippen LogP contribution in [0.15, 0.2) is 6.20 Å². The van der Waals surface area contributed by atoms with E-state index < -0.39 is 0 Å². The zero-order valence-electron chi connectivity index (χ0n) is 7.49. The van der Waals surface area contributed by atoms with Crippen LogP contribution in [0.1, 0.15) is 23.7 Å². The van der Waals surface area contributed by atoms with Crippen molar-refractivity contribution in [1.82, 2.24) is 9.78 Å². The van der Waals surface area contributed by atoms with Crippen molar-refractivity contribution in [3.63, 3.8) is 0 Å². The van der Waals surface area contributed by atoms with Gasteiger partial charge < -0.3 is 10.8 Å². The van der Waals surface area contributed by atoms with Crippen molar-refractivity contribution in [3.8, 4) is 0 Å². The van der Waals surface area contributed by atoms with E-state index in [1.54, 1.807) is 4.68 Å². The third kappa shape index (κ3) is 1.84. The predicted octanol–water partition coefficient (Wildman–Crippen LogP) is 0.111. The first kappa shape index (κ1) is 9.22. The van der Waals surface area contributed by atoms with Gasteiger partial charge in [0.15, 0.2) is 0 Å². The first-order chi connectivity index (χ1) is 5.65. The Morgan fingerprint density at radius 2 is 2.42 bits per heavy atom. The summed E-state index contributed by atoms with van der Waals surface area (Å²) < 4.78 is 1.74. The van der Waals surface area contributed by atoms with Gasteiger partial charge in [-0.1, -0.05) is 0 Å². The van der Waals surface area contributed by atoms with Gasteiger partial charge in [-0.2, -0.15) is 5.10 Å². The number of aliphatic hydroxyl groups is 1. The van der Waals surface area contributed by atoms with Gasteiger partial charge in [0.1, 0.15) is 0 Å². The summed E-state index contributed by atoms with van der Waals surface area (Å²) in [5, 5.41) is 12.9. The van der Waals surface area contributed by atoms with Gasteiger partial charge in [-0.25, -0.2) is 0 Å². The van der Waals surface area contributed by atoms with Crippen LogP contribution in [0.4, 0.5) is 0 Å². The molecule has 0 aliphatic heterocycles. The molecule has 1 atom stereocenters. The largest absolute Gasteiger partial charge is 0.396 e. The summed E-state index contributed by atoms with van der Waals surface area (Å²) in [6, 6.07) is -0.0938. The minimum absolute atomic E-state index is 0.0938. The molecule has 1 heterocycles. The van der Waals surface area contributed by atoms with Gasteiger partial charge in [-0.15, -0.1) is 0 Å². The van der Waals surface area contributed by atoms with Crippen LogP contribution in [0.3, 0.4) is 0 Å². The first-order valence-corrected chi connectivity index (χ1v) is 4.01. The van der Waals surface area contributed by atoms with E-state index in [0.717, 1.165) is 11.3 Å². The third-order valence-electron chi connectivity index (χ3n) is 1.89. The Labute approximate surface area is 72.0 Å². The summed E-state index contributed by atoms with van der Waals surface area (Å²) in [6.45, 7) is 2.04. The summed E-state index contributed by atoms with van der Waals surface area (Å²) >= 11 is 0. The highest BCUT2D eigenvalue weighted by atomic mass is 16.3. The van der Waals surface area contributed by atoms with Crippen LogP contribution in [0.5, 0.6) is 0 Å². The maximum Gasteiger partial charge on any atom is 0.0641 e. The average molecular weight is 169 g/mol. The van der Waals surface area contributed by atoms with E-state index in [1.165, 1.54) is 0 Å². The lowest BCUT2D eigenvalue weighted by Crippen LogP contribution is -2.12. The quantitative estimate of drug-likeness (QED) is 0.675. The Morgan fingerprint density at radius 3 is 2.83 bits per heavy atom. The Balaban J connectivity index is 2.79. The number of aryl methyl sites for hydroxylation is 2. The average Bonchev–Trinajstić information content (AvgIpc) is 2.30. The van der Waals surface area contributed by atoms with Gasteiger partial charge in [0.2, 0.25) is 0 Å². The van der Waals surface area contributed by atoms with Gasteiger partial charge in [-0.05, 0) is 13.3 Å². The summed E-state index contributed by atoms with van der Waals surface area (Å²) in [7, 11) is 1.86. The molecule has 68 valence electrons. The van der Waals surface area contributed by atoms with Crippen molar-refractivity contribution in [1.29, 1.82) is 0 Å². The molecule has 0 aliphatic rings. The minimum Gasteiger partial charge on any atom is -0.396 e. The second kappa shape index (κ2) is 3.69. The molecule has 0 unspecified atom stereocenters. The normalized spacial score (nSPS) is 13.3. The summed E-state index contributed by atoms with van der Waals surface area (Å²) in [5.74, 6) is 0. The number of rotatable bonds is 3. The number of nitrogens with two attached hydrogens (primary N) is 1. The molecule has 0 aliphatic carbocycles. The lowest BCUT2D eigenvalue weighted by atomic mass is 10.1. The fourth-order valence-electron chi connectivity index (χ4n) is 1.28. The lowest BCUT2D eigenvalue weighted by Gasteiger charge is -2.07. The van der Waals surface area contributed by atoms with E-state index >= 15 is 0 Å². The van der Waals surface area contributed by atoms with Crippen molar-refractivity contribution in [2.75, 3.05) is 6.61 Å². The molecule has 1 aromatic heterocycles. The smallest absolute Gasteiger partial charge is 0.0641 e. The highest BCUT2D eigenvalue weighted by molar-refractivity contribution is 5.19. The maximum atomic E-state index is 8.69. The van der Waals surface area contributed by atoms with Gasteiger partial charge in [0.05, 0.1) is 5.69 Å². The Hall–Kier alpha value is -0.870. The maximum absolute atomic E-state index is 8.69. The van der Waals surface area contributed by atoms with Crippen molar-refractivity contribution >= 4 is 0 Å². The highest BCUT2D eigenvalue weighted by Crippen LogP contribution is 2.15. The number of nitrogens with zero attached hydrogens (tertiary/aromatic N) is 2. The van der Waals surface area contributed by atoms with Crippen LogP contribution < -0.4 is 5.73 Å². The molecular formula is C8H15N3O. The van der Waals surface area contributed by atoms with Crippen LogP contribution in [0.2, 0.25) is 0 Å². The van der Waals surface area contributed by atoms with Crippen molar-refractivity contribution in [2.24, 2.45) is 12.8 Å². The first-order valence-electron chi connectivity index (χ1n) is 4.01. The monoisotopic (exact) mass is 169 g/mol. The molecule has 4 nitrogen and oxygen atoms in total. The van der Waals surface area contributed by atoms with Gasteiger partial charge in [0.25, 0.3) is 0 Å². The molecule has 0 spiro atoms. The number of hydrogen-bond acceptors (Lipinski definition) is 3. The second-order valence-electron chi connectivity index (χ2n) is 2.96. The molecule has 0 radical (unpaired) electrons. The van der Waals surface area contributed by atoms with Crippen LogP contribution in [0, 0.1) is 6.92 Å². The van der Waals surface area contributed by atoms with Crippen LogP contribution in [-0.4, -0.2) is 21.5 Å². The molecule has 1 aromatic rings. The molecule has 4 heteroatoms. The fraction of sp³-hybridized carbons (Fsp3) is 0.625. The SMILES string of the molecule is Cc1nn(C)cc1[C@H](N)CCO. The van der Waals surface area contributed by atoms with Gasteiger partial charge in [0, 0.05) is 31.5 Å². The number of aromatic nitrogens is 2. The summed E-state index contributed by atoms with van der Waals surface area (Å²) in [4.78, 5) is 0. The van der Waals surface area contributed by atoms with Gasteiger partial charge >= 0.3 is 0 Å². The topological polar surface area (TPSA) is 64.1 Å². The van der Waals surface area contributed by atoms with Crippen molar-refractivity contribution in [2.45, 2.75) is 19.4 Å². The van der Waals surface area contributed by atoms with E-state index in [-0.39, 0.29) is 12.6 Å². The summed E-state index contributed by atoms with van der Waals surface area (Å²) in [5.41, 5.74) is 7.77. The molecule has 0 saturated heterocycles. The third-order valence-corrected chi connectivity index (χ3v) is 1.89. The van der Waals surface area contributed by atoms with Crippen LogP contribution in [0.25, 0.3) is 0 Å². The second-order valence-corrected chi connectivity index (χ2v) is 2.96. The van der Waals surface area contributed by atoms with E-state index in [1.807, 2.05) is 20.2 Å². The van der Waals surface area contributed by atoms with E-state index in [2.05, 4.69) is 5.10 Å². The molecule has 0 fully saturated rings. The van der Waals surface area contributed by atoms with Crippen LogP contribution >= 0.6 is 0 Å². The Bertz CT molecular complexity index is 257. The molecule has 0 amide bonds. The van der Waals surface area contributed by atoms with E-state index in [0.29, 0.717) is 6.42 Å². The lowest BCUT2D eigenvalue weighted by molar-refractivity contribution is 0.276. The minimum atomic E-state index is -0.0938. The van der Waals surface area contributed by atoms with Crippen molar-refractivity contribution < 1.29 is 5.11 Å². The highest BCUT2D eigenvalue weighted by Gasteiger charge is 2.10. The zero-order chi connectivity index (χ0) is 9.14. The number of aliphatic hydroxyl groups excluding tert-OH is 1.